The number of ether oxygens (including phenoxy) is 3. The average molecular weight is 417 g/mol. The molecule has 0 saturated carbocycles. The minimum absolute atomic E-state index is 0.140. The predicted molar refractivity (Wildman–Crippen MR) is 101 cm³/mol. The first kappa shape index (κ1) is 18.1. The summed E-state index contributed by atoms with van der Waals surface area (Å²) in [6, 6.07) is 13.1. The molecular weight excluding hydrogens is 400 g/mol. The number of fused-ring (bicyclic) bond motifs is 1. The van der Waals surface area contributed by atoms with Gasteiger partial charge in [0.2, 0.25) is 0 Å². The van der Waals surface area contributed by atoms with Crippen molar-refractivity contribution in [3.8, 4) is 11.5 Å². The molecule has 134 valence electrons. The summed E-state index contributed by atoms with van der Waals surface area (Å²) >= 11 is 3.23. The van der Waals surface area contributed by atoms with Gasteiger partial charge in [0, 0.05) is 18.0 Å². The van der Waals surface area contributed by atoms with Crippen molar-refractivity contribution in [1.29, 1.82) is 0 Å². The second-order valence-corrected chi connectivity index (χ2v) is 6.17. The molecular formula is C19H17BrN2O4. The number of nitrogens with zero attached hydrogens (tertiary/aromatic N) is 2. The van der Waals surface area contributed by atoms with E-state index in [-0.39, 0.29) is 5.69 Å². The maximum absolute atomic E-state index is 11.8. The molecule has 0 saturated heterocycles. The zero-order valence-electron chi connectivity index (χ0n) is 14.1. The summed E-state index contributed by atoms with van der Waals surface area (Å²) in [6.07, 6.45) is 2.38. The van der Waals surface area contributed by atoms with E-state index in [1.54, 1.807) is 18.3 Å². The topological polar surface area (TPSA) is 70.5 Å². The largest absolute Gasteiger partial charge is 0.491 e. The zero-order valence-corrected chi connectivity index (χ0v) is 15.7. The number of hydrogen-bond donors (Lipinski definition) is 0. The van der Waals surface area contributed by atoms with E-state index in [0.29, 0.717) is 30.0 Å². The Morgan fingerprint density at radius 3 is 2.62 bits per heavy atom. The normalized spacial score (nSPS) is 10.5. The first-order valence-corrected chi connectivity index (χ1v) is 8.82. The molecule has 6 nitrogen and oxygen atoms in total. The molecule has 0 aliphatic heterocycles. The number of halogens is 1. The molecule has 0 aliphatic carbocycles. The van der Waals surface area contributed by atoms with Gasteiger partial charge in [0.05, 0.1) is 20.3 Å². The molecule has 0 spiro atoms. The quantitative estimate of drug-likeness (QED) is 0.329. The van der Waals surface area contributed by atoms with Gasteiger partial charge in [0.25, 0.3) is 0 Å². The van der Waals surface area contributed by atoms with Crippen molar-refractivity contribution in [1.82, 2.24) is 9.97 Å². The molecule has 1 aromatic carbocycles. The Kier molecular flexibility index (Phi) is 6.01. The van der Waals surface area contributed by atoms with Crippen molar-refractivity contribution >= 4 is 32.8 Å². The molecule has 0 unspecified atom stereocenters. The van der Waals surface area contributed by atoms with E-state index in [9.17, 15) is 4.79 Å². The number of benzene rings is 1. The smallest absolute Gasteiger partial charge is 0.360 e. The highest BCUT2D eigenvalue weighted by Crippen LogP contribution is 2.23. The van der Waals surface area contributed by atoms with Crippen LogP contribution in [0.4, 0.5) is 0 Å². The van der Waals surface area contributed by atoms with Crippen LogP contribution < -0.4 is 9.47 Å². The van der Waals surface area contributed by atoms with Crippen LogP contribution in [0.3, 0.4) is 0 Å². The number of carbonyl (C=O) groups is 1. The van der Waals surface area contributed by atoms with Crippen LogP contribution in [0.1, 0.15) is 16.9 Å². The molecule has 0 radical (unpaired) electrons. The average Bonchev–Trinajstić information content (AvgIpc) is 2.68. The molecule has 0 aliphatic rings. The van der Waals surface area contributed by atoms with Crippen molar-refractivity contribution < 1.29 is 19.0 Å². The van der Waals surface area contributed by atoms with Gasteiger partial charge in [-0.3, -0.25) is 4.98 Å². The van der Waals surface area contributed by atoms with Gasteiger partial charge in [-0.05, 0) is 40.2 Å². The van der Waals surface area contributed by atoms with Crippen LogP contribution >= 0.6 is 15.9 Å². The molecule has 0 N–H and O–H groups in total. The number of aromatic nitrogens is 2. The van der Waals surface area contributed by atoms with Gasteiger partial charge in [-0.2, -0.15) is 0 Å². The lowest BCUT2D eigenvalue weighted by atomic mass is 10.2. The number of carbonyl (C=O) groups excluding carboxylic acids is 1. The van der Waals surface area contributed by atoms with E-state index in [1.807, 2.05) is 30.3 Å². The molecule has 0 bridgehead atoms. The van der Waals surface area contributed by atoms with Crippen LogP contribution in [0.5, 0.6) is 11.5 Å². The van der Waals surface area contributed by atoms with Crippen LogP contribution in [0, 0.1) is 0 Å². The Balaban J connectivity index is 1.56. The summed E-state index contributed by atoms with van der Waals surface area (Å²) in [4.78, 5) is 20.2. The first-order chi connectivity index (χ1) is 12.7. The lowest BCUT2D eigenvalue weighted by molar-refractivity contribution is 0.0588. The summed E-state index contributed by atoms with van der Waals surface area (Å²) in [5.74, 6) is 0.579. The van der Waals surface area contributed by atoms with Crippen LogP contribution in [-0.2, 0) is 4.74 Å². The van der Waals surface area contributed by atoms with Gasteiger partial charge in [-0.15, -0.1) is 0 Å². The summed E-state index contributed by atoms with van der Waals surface area (Å²) in [6.45, 7) is 0.846. The third kappa shape index (κ3) is 4.29. The molecule has 0 atom stereocenters. The van der Waals surface area contributed by atoms with Gasteiger partial charge in [-0.25, -0.2) is 9.78 Å². The Bertz CT molecular complexity index is 912. The molecule has 2 heterocycles. The SMILES string of the molecule is COC(=O)c1nc(Br)ccc1OCCCOc1cccc2cccnc12. The molecule has 7 heteroatoms. The monoisotopic (exact) mass is 416 g/mol. The summed E-state index contributed by atoms with van der Waals surface area (Å²) in [5.41, 5.74) is 0.974. The van der Waals surface area contributed by atoms with Crippen molar-refractivity contribution in [3.63, 3.8) is 0 Å². The molecule has 0 amide bonds. The van der Waals surface area contributed by atoms with E-state index in [4.69, 9.17) is 14.2 Å². The van der Waals surface area contributed by atoms with Crippen molar-refractivity contribution in [2.75, 3.05) is 20.3 Å². The second-order valence-electron chi connectivity index (χ2n) is 5.35. The van der Waals surface area contributed by atoms with Crippen molar-refractivity contribution in [2.45, 2.75) is 6.42 Å². The summed E-state index contributed by atoms with van der Waals surface area (Å²) < 4.78 is 16.7. The maximum Gasteiger partial charge on any atom is 0.360 e. The summed E-state index contributed by atoms with van der Waals surface area (Å²) in [7, 11) is 1.31. The van der Waals surface area contributed by atoms with Gasteiger partial charge in [0.15, 0.2) is 11.4 Å². The maximum atomic E-state index is 11.8. The van der Waals surface area contributed by atoms with E-state index < -0.39 is 5.97 Å². The number of hydrogen-bond acceptors (Lipinski definition) is 6. The first-order valence-electron chi connectivity index (χ1n) is 8.03. The molecule has 26 heavy (non-hydrogen) atoms. The zero-order chi connectivity index (χ0) is 18.4. The third-order valence-electron chi connectivity index (χ3n) is 3.60. The van der Waals surface area contributed by atoms with E-state index in [0.717, 1.165) is 16.7 Å². The fraction of sp³-hybridized carbons (Fsp3) is 0.211. The van der Waals surface area contributed by atoms with E-state index in [2.05, 4.69) is 25.9 Å². The van der Waals surface area contributed by atoms with Gasteiger partial charge in [-0.1, -0.05) is 18.2 Å². The van der Waals surface area contributed by atoms with Crippen LogP contribution in [0.25, 0.3) is 10.9 Å². The van der Waals surface area contributed by atoms with E-state index >= 15 is 0 Å². The lowest BCUT2D eigenvalue weighted by Gasteiger charge is -2.11. The fourth-order valence-electron chi connectivity index (χ4n) is 2.40. The minimum atomic E-state index is -0.542. The second kappa shape index (κ2) is 8.62. The van der Waals surface area contributed by atoms with Gasteiger partial charge >= 0.3 is 5.97 Å². The highest BCUT2D eigenvalue weighted by Gasteiger charge is 2.15. The molecule has 3 aromatic rings. The fourth-order valence-corrected chi connectivity index (χ4v) is 2.71. The predicted octanol–water partition coefficient (Wildman–Crippen LogP) is 4.03. The number of methoxy groups -OCH3 is 1. The highest BCUT2D eigenvalue weighted by molar-refractivity contribution is 9.10. The number of para-hydroxylation sites is 1. The van der Waals surface area contributed by atoms with Crippen LogP contribution in [-0.4, -0.2) is 36.3 Å². The van der Waals surface area contributed by atoms with Gasteiger partial charge < -0.3 is 14.2 Å². The third-order valence-corrected chi connectivity index (χ3v) is 4.04. The number of rotatable bonds is 7. The minimum Gasteiger partial charge on any atom is -0.491 e. The Labute approximate surface area is 159 Å². The Morgan fingerprint density at radius 1 is 1.04 bits per heavy atom. The van der Waals surface area contributed by atoms with Crippen LogP contribution in [0.2, 0.25) is 0 Å². The molecule has 0 fully saturated rings. The number of esters is 1. The number of pyridine rings is 2. The molecule has 2 aromatic heterocycles. The Morgan fingerprint density at radius 2 is 1.81 bits per heavy atom. The Hall–Kier alpha value is -2.67. The van der Waals surface area contributed by atoms with Crippen LogP contribution in [0.15, 0.2) is 53.3 Å². The van der Waals surface area contributed by atoms with E-state index in [1.165, 1.54) is 7.11 Å². The standard InChI is InChI=1S/C19H17BrN2O4/c1-24-19(23)18-15(8-9-16(20)22-18)26-12-4-11-25-14-7-2-5-13-6-3-10-21-17(13)14/h2-3,5-10H,4,11-12H2,1H3. The summed E-state index contributed by atoms with van der Waals surface area (Å²) in [5, 5.41) is 1.03. The van der Waals surface area contributed by atoms with Gasteiger partial charge in [0.1, 0.15) is 15.9 Å². The highest BCUT2D eigenvalue weighted by atomic mass is 79.9. The van der Waals surface area contributed by atoms with Crippen molar-refractivity contribution in [3.05, 3.63) is 59.0 Å². The van der Waals surface area contributed by atoms with Crippen molar-refractivity contribution in [2.24, 2.45) is 0 Å². The molecule has 3 rings (SSSR count). The lowest BCUT2D eigenvalue weighted by Crippen LogP contribution is -2.11.